The predicted molar refractivity (Wildman–Crippen MR) is 93.2 cm³/mol. The zero-order chi connectivity index (χ0) is 17.7. The fourth-order valence-corrected chi connectivity index (χ4v) is 2.39. The van der Waals surface area contributed by atoms with Gasteiger partial charge in [0, 0.05) is 5.56 Å². The number of rotatable bonds is 5. The number of aliphatic hydroxyl groups excluding tert-OH is 1. The predicted octanol–water partition coefficient (Wildman–Crippen LogP) is 3.84. The largest absolute Gasteiger partial charge is 0.496 e. The SMILES string of the molecule is COc1ccc(C(=O)OCc2ccc(CO)cc2)cc1C(C)(C)C. The van der Waals surface area contributed by atoms with Gasteiger partial charge in [0.15, 0.2) is 0 Å². The number of ether oxygens (including phenoxy) is 2. The van der Waals surface area contributed by atoms with Gasteiger partial charge in [-0.25, -0.2) is 4.79 Å². The molecule has 0 spiro atoms. The number of methoxy groups -OCH3 is 1. The summed E-state index contributed by atoms with van der Waals surface area (Å²) >= 11 is 0. The van der Waals surface area contributed by atoms with Crippen LogP contribution in [0.5, 0.6) is 5.75 Å². The molecule has 0 aliphatic rings. The monoisotopic (exact) mass is 328 g/mol. The third kappa shape index (κ3) is 4.36. The molecular formula is C20H24O4. The molecule has 2 rings (SSSR count). The Hall–Kier alpha value is -2.33. The van der Waals surface area contributed by atoms with E-state index in [1.54, 1.807) is 19.2 Å². The van der Waals surface area contributed by atoms with Crippen molar-refractivity contribution in [2.24, 2.45) is 0 Å². The summed E-state index contributed by atoms with van der Waals surface area (Å²) in [7, 11) is 1.62. The van der Waals surface area contributed by atoms with Crippen molar-refractivity contribution in [2.75, 3.05) is 7.11 Å². The van der Waals surface area contributed by atoms with Crippen molar-refractivity contribution in [3.8, 4) is 5.75 Å². The number of hydrogen-bond donors (Lipinski definition) is 1. The van der Waals surface area contributed by atoms with Crippen molar-refractivity contribution >= 4 is 5.97 Å². The molecule has 24 heavy (non-hydrogen) atoms. The molecule has 0 bridgehead atoms. The number of hydrogen-bond acceptors (Lipinski definition) is 4. The number of carbonyl (C=O) groups excluding carboxylic acids is 1. The highest BCUT2D eigenvalue weighted by molar-refractivity contribution is 5.90. The molecule has 0 saturated carbocycles. The Morgan fingerprint density at radius 2 is 1.67 bits per heavy atom. The van der Waals surface area contributed by atoms with Crippen LogP contribution in [0.1, 0.15) is 47.8 Å². The van der Waals surface area contributed by atoms with E-state index in [0.29, 0.717) is 5.56 Å². The van der Waals surface area contributed by atoms with Crippen LogP contribution < -0.4 is 4.74 Å². The fourth-order valence-electron chi connectivity index (χ4n) is 2.39. The summed E-state index contributed by atoms with van der Waals surface area (Å²) in [5, 5.41) is 9.03. The lowest BCUT2D eigenvalue weighted by Crippen LogP contribution is -2.15. The van der Waals surface area contributed by atoms with Gasteiger partial charge >= 0.3 is 5.97 Å². The first-order valence-corrected chi connectivity index (χ1v) is 7.89. The zero-order valence-electron chi connectivity index (χ0n) is 14.6. The lowest BCUT2D eigenvalue weighted by Gasteiger charge is -2.22. The van der Waals surface area contributed by atoms with Crippen LogP contribution in [0.25, 0.3) is 0 Å². The lowest BCUT2D eigenvalue weighted by atomic mass is 9.85. The molecule has 0 saturated heterocycles. The topological polar surface area (TPSA) is 55.8 Å². The first-order chi connectivity index (χ1) is 11.3. The van der Waals surface area contributed by atoms with Crippen LogP contribution in [-0.4, -0.2) is 18.2 Å². The molecule has 1 N–H and O–H groups in total. The number of benzene rings is 2. The Kier molecular flexibility index (Phi) is 5.62. The Labute approximate surface area is 143 Å². The van der Waals surface area contributed by atoms with Crippen molar-refractivity contribution in [1.29, 1.82) is 0 Å². The van der Waals surface area contributed by atoms with E-state index in [4.69, 9.17) is 14.6 Å². The Bertz CT molecular complexity index is 697. The molecule has 0 unspecified atom stereocenters. The van der Waals surface area contributed by atoms with Crippen LogP contribution in [0.4, 0.5) is 0 Å². The summed E-state index contributed by atoms with van der Waals surface area (Å²) in [6.07, 6.45) is 0. The minimum absolute atomic E-state index is 0.00148. The van der Waals surface area contributed by atoms with E-state index in [1.165, 1.54) is 0 Å². The van der Waals surface area contributed by atoms with Crippen LogP contribution in [0, 0.1) is 0 Å². The molecule has 0 fully saturated rings. The summed E-state index contributed by atoms with van der Waals surface area (Å²) in [6, 6.07) is 12.7. The highest BCUT2D eigenvalue weighted by Gasteiger charge is 2.21. The molecule has 0 aliphatic carbocycles. The van der Waals surface area contributed by atoms with Gasteiger partial charge in [-0.1, -0.05) is 45.0 Å². The molecule has 0 atom stereocenters. The quantitative estimate of drug-likeness (QED) is 0.847. The normalized spacial score (nSPS) is 11.2. The van der Waals surface area contributed by atoms with Crippen LogP contribution in [0.15, 0.2) is 42.5 Å². The number of carbonyl (C=O) groups is 1. The molecule has 0 radical (unpaired) electrons. The van der Waals surface area contributed by atoms with Crippen molar-refractivity contribution in [3.63, 3.8) is 0 Å². The highest BCUT2D eigenvalue weighted by Crippen LogP contribution is 2.32. The molecule has 4 heteroatoms. The standard InChI is InChI=1S/C20H24O4/c1-20(2,3)17-11-16(9-10-18(17)23-4)19(22)24-13-15-7-5-14(12-21)6-8-15/h5-11,21H,12-13H2,1-4H3. The first-order valence-electron chi connectivity index (χ1n) is 7.89. The second kappa shape index (κ2) is 7.49. The van der Waals surface area contributed by atoms with E-state index in [2.05, 4.69) is 20.8 Å². The van der Waals surface area contributed by atoms with Gasteiger partial charge in [-0.2, -0.15) is 0 Å². The maximum Gasteiger partial charge on any atom is 0.338 e. The van der Waals surface area contributed by atoms with Gasteiger partial charge in [-0.15, -0.1) is 0 Å². The number of aliphatic hydroxyl groups is 1. The summed E-state index contributed by atoms with van der Waals surface area (Å²) in [5.41, 5.74) is 3.04. The van der Waals surface area contributed by atoms with Crippen molar-refractivity contribution in [1.82, 2.24) is 0 Å². The van der Waals surface area contributed by atoms with Gasteiger partial charge in [0.25, 0.3) is 0 Å². The molecule has 2 aromatic carbocycles. The second-order valence-corrected chi connectivity index (χ2v) is 6.72. The molecule has 128 valence electrons. The van der Waals surface area contributed by atoms with E-state index in [9.17, 15) is 4.79 Å². The average molecular weight is 328 g/mol. The highest BCUT2D eigenvalue weighted by atomic mass is 16.5. The van der Waals surface area contributed by atoms with E-state index < -0.39 is 0 Å². The van der Waals surface area contributed by atoms with Crippen LogP contribution >= 0.6 is 0 Å². The molecule has 0 heterocycles. The first kappa shape index (κ1) is 18.0. The maximum absolute atomic E-state index is 12.3. The Morgan fingerprint density at radius 1 is 1.04 bits per heavy atom. The number of esters is 1. The van der Waals surface area contributed by atoms with Gasteiger partial charge in [-0.05, 0) is 34.7 Å². The van der Waals surface area contributed by atoms with E-state index in [0.717, 1.165) is 22.4 Å². The zero-order valence-corrected chi connectivity index (χ0v) is 14.6. The summed E-state index contributed by atoms with van der Waals surface area (Å²) in [4.78, 5) is 12.3. The maximum atomic E-state index is 12.3. The average Bonchev–Trinajstić information content (AvgIpc) is 2.58. The van der Waals surface area contributed by atoms with Gasteiger partial charge in [0.1, 0.15) is 12.4 Å². The Balaban J connectivity index is 2.11. The summed E-state index contributed by atoms with van der Waals surface area (Å²) < 4.78 is 10.8. The molecular weight excluding hydrogens is 304 g/mol. The Morgan fingerprint density at radius 3 is 2.21 bits per heavy atom. The summed E-state index contributed by atoms with van der Waals surface area (Å²) in [5.74, 6) is 0.396. The third-order valence-corrected chi connectivity index (χ3v) is 3.82. The van der Waals surface area contributed by atoms with E-state index in [-0.39, 0.29) is 24.6 Å². The van der Waals surface area contributed by atoms with E-state index >= 15 is 0 Å². The van der Waals surface area contributed by atoms with Crippen molar-refractivity contribution in [3.05, 3.63) is 64.7 Å². The third-order valence-electron chi connectivity index (χ3n) is 3.82. The molecule has 0 aromatic heterocycles. The molecule has 0 amide bonds. The minimum atomic E-state index is -0.366. The minimum Gasteiger partial charge on any atom is -0.496 e. The molecule has 2 aromatic rings. The van der Waals surface area contributed by atoms with Crippen molar-refractivity contribution in [2.45, 2.75) is 39.4 Å². The van der Waals surface area contributed by atoms with Gasteiger partial charge < -0.3 is 14.6 Å². The van der Waals surface area contributed by atoms with Crippen molar-refractivity contribution < 1.29 is 19.4 Å². The molecule has 4 nitrogen and oxygen atoms in total. The van der Waals surface area contributed by atoms with Crippen LogP contribution in [-0.2, 0) is 23.4 Å². The van der Waals surface area contributed by atoms with Gasteiger partial charge in [-0.3, -0.25) is 0 Å². The van der Waals surface area contributed by atoms with Gasteiger partial charge in [0.05, 0.1) is 19.3 Å². The van der Waals surface area contributed by atoms with Crippen LogP contribution in [0.3, 0.4) is 0 Å². The molecule has 0 aliphatic heterocycles. The summed E-state index contributed by atoms with van der Waals surface area (Å²) in [6.45, 7) is 6.41. The fraction of sp³-hybridized carbons (Fsp3) is 0.350. The van der Waals surface area contributed by atoms with Gasteiger partial charge in [0.2, 0.25) is 0 Å². The van der Waals surface area contributed by atoms with Crippen LogP contribution in [0.2, 0.25) is 0 Å². The second-order valence-electron chi connectivity index (χ2n) is 6.72. The van der Waals surface area contributed by atoms with E-state index in [1.807, 2.05) is 30.3 Å². The lowest BCUT2D eigenvalue weighted by molar-refractivity contribution is 0.0472. The smallest absolute Gasteiger partial charge is 0.338 e.